The van der Waals surface area contributed by atoms with Gasteiger partial charge in [0.05, 0.1) is 6.61 Å². The van der Waals surface area contributed by atoms with Crippen LogP contribution in [-0.2, 0) is 13.2 Å². The maximum Gasteiger partial charge on any atom is 0.127 e. The molecule has 0 aliphatic carbocycles. The molecule has 0 atom stereocenters. The SMILES string of the molecule is OCc1cc(F)cc(OCc2cncc(Br)c2)c1. The van der Waals surface area contributed by atoms with E-state index in [1.54, 1.807) is 18.5 Å². The molecule has 1 N–H and O–H groups in total. The predicted molar refractivity (Wildman–Crippen MR) is 68.6 cm³/mol. The van der Waals surface area contributed by atoms with Gasteiger partial charge in [0.2, 0.25) is 0 Å². The van der Waals surface area contributed by atoms with Gasteiger partial charge in [-0.15, -0.1) is 0 Å². The molecule has 1 aromatic heterocycles. The van der Waals surface area contributed by atoms with E-state index < -0.39 is 5.82 Å². The fourth-order valence-corrected chi connectivity index (χ4v) is 1.91. The van der Waals surface area contributed by atoms with Crippen LogP contribution in [0, 0.1) is 5.82 Å². The van der Waals surface area contributed by atoms with Crippen molar-refractivity contribution >= 4 is 15.9 Å². The number of rotatable bonds is 4. The van der Waals surface area contributed by atoms with Crippen molar-refractivity contribution in [2.75, 3.05) is 0 Å². The molecule has 1 heterocycles. The maximum absolute atomic E-state index is 13.2. The van der Waals surface area contributed by atoms with Crippen molar-refractivity contribution in [3.8, 4) is 5.75 Å². The summed E-state index contributed by atoms with van der Waals surface area (Å²) in [4.78, 5) is 4.01. The van der Waals surface area contributed by atoms with Crippen molar-refractivity contribution < 1.29 is 14.2 Å². The molecule has 0 aliphatic rings. The summed E-state index contributed by atoms with van der Waals surface area (Å²) in [6.45, 7) is 0.0767. The van der Waals surface area contributed by atoms with Gasteiger partial charge in [-0.3, -0.25) is 4.98 Å². The Labute approximate surface area is 112 Å². The van der Waals surface area contributed by atoms with Gasteiger partial charge in [-0.2, -0.15) is 0 Å². The van der Waals surface area contributed by atoms with Crippen LogP contribution >= 0.6 is 15.9 Å². The zero-order valence-electron chi connectivity index (χ0n) is 9.44. The number of aromatic nitrogens is 1. The number of aliphatic hydroxyl groups is 1. The zero-order valence-corrected chi connectivity index (χ0v) is 11.0. The number of ether oxygens (including phenoxy) is 1. The first-order chi connectivity index (χ1) is 8.67. The number of nitrogens with zero attached hydrogens (tertiary/aromatic N) is 1. The largest absolute Gasteiger partial charge is 0.489 e. The fraction of sp³-hybridized carbons (Fsp3) is 0.154. The van der Waals surface area contributed by atoms with E-state index in [2.05, 4.69) is 20.9 Å². The molecule has 0 unspecified atom stereocenters. The topological polar surface area (TPSA) is 42.4 Å². The van der Waals surface area contributed by atoms with E-state index in [1.165, 1.54) is 12.1 Å². The third-order valence-corrected chi connectivity index (χ3v) is 2.71. The zero-order chi connectivity index (χ0) is 13.0. The molecule has 0 radical (unpaired) electrons. The standard InChI is InChI=1S/C13H11BrFNO2/c14-11-1-10(5-16-6-11)8-18-13-3-9(7-17)2-12(15)4-13/h1-6,17H,7-8H2. The van der Waals surface area contributed by atoms with Crippen LogP contribution in [0.4, 0.5) is 4.39 Å². The van der Waals surface area contributed by atoms with E-state index in [0.717, 1.165) is 10.0 Å². The van der Waals surface area contributed by atoms with Crippen LogP contribution in [0.15, 0.2) is 41.1 Å². The number of aliphatic hydroxyl groups excluding tert-OH is 1. The normalized spacial score (nSPS) is 10.4. The summed E-state index contributed by atoms with van der Waals surface area (Å²) in [5.41, 5.74) is 1.36. The lowest BCUT2D eigenvalue weighted by Crippen LogP contribution is -1.97. The maximum atomic E-state index is 13.2. The molecule has 94 valence electrons. The van der Waals surface area contributed by atoms with Crippen LogP contribution in [0.2, 0.25) is 0 Å². The lowest BCUT2D eigenvalue weighted by Gasteiger charge is -2.08. The molecule has 0 fully saturated rings. The average molecular weight is 312 g/mol. The summed E-state index contributed by atoms with van der Waals surface area (Å²) < 4.78 is 19.5. The summed E-state index contributed by atoms with van der Waals surface area (Å²) in [6, 6.07) is 6.03. The quantitative estimate of drug-likeness (QED) is 0.943. The van der Waals surface area contributed by atoms with Gasteiger partial charge in [0.15, 0.2) is 0 Å². The molecule has 2 aromatic rings. The van der Waals surface area contributed by atoms with Gasteiger partial charge in [0.25, 0.3) is 0 Å². The van der Waals surface area contributed by atoms with Crippen LogP contribution in [0.3, 0.4) is 0 Å². The summed E-state index contributed by atoms with van der Waals surface area (Å²) in [5, 5.41) is 8.97. The Kier molecular flexibility index (Phi) is 4.28. The minimum Gasteiger partial charge on any atom is -0.489 e. The molecule has 0 saturated heterocycles. The molecule has 0 amide bonds. The van der Waals surface area contributed by atoms with Crippen molar-refractivity contribution in [3.05, 3.63) is 58.1 Å². The molecule has 1 aromatic carbocycles. The fourth-order valence-electron chi connectivity index (χ4n) is 1.50. The third-order valence-electron chi connectivity index (χ3n) is 2.28. The number of hydrogen-bond acceptors (Lipinski definition) is 3. The van der Waals surface area contributed by atoms with E-state index in [-0.39, 0.29) is 6.61 Å². The van der Waals surface area contributed by atoms with E-state index in [0.29, 0.717) is 17.9 Å². The van der Waals surface area contributed by atoms with E-state index in [9.17, 15) is 4.39 Å². The van der Waals surface area contributed by atoms with Crippen molar-refractivity contribution in [2.24, 2.45) is 0 Å². The Morgan fingerprint density at radius 2 is 2.00 bits per heavy atom. The van der Waals surface area contributed by atoms with Crippen LogP contribution in [0.1, 0.15) is 11.1 Å². The van der Waals surface area contributed by atoms with Gasteiger partial charge in [-0.05, 0) is 39.7 Å². The molecule has 0 saturated carbocycles. The summed E-state index contributed by atoms with van der Waals surface area (Å²) in [7, 11) is 0. The van der Waals surface area contributed by atoms with Gasteiger partial charge in [-0.1, -0.05) is 0 Å². The second-order valence-electron chi connectivity index (χ2n) is 3.75. The van der Waals surface area contributed by atoms with Crippen LogP contribution in [-0.4, -0.2) is 10.1 Å². The molecule has 3 nitrogen and oxygen atoms in total. The average Bonchev–Trinajstić information content (AvgIpc) is 2.36. The summed E-state index contributed by atoms with van der Waals surface area (Å²) >= 11 is 3.31. The first kappa shape index (κ1) is 13.0. The smallest absolute Gasteiger partial charge is 0.127 e. The van der Waals surface area contributed by atoms with Gasteiger partial charge in [0.1, 0.15) is 18.2 Å². The highest BCUT2D eigenvalue weighted by molar-refractivity contribution is 9.10. The highest BCUT2D eigenvalue weighted by Gasteiger charge is 2.02. The summed E-state index contributed by atoms with van der Waals surface area (Å²) in [5.74, 6) is -0.0389. The monoisotopic (exact) mass is 311 g/mol. The molecule has 0 spiro atoms. The highest BCUT2D eigenvalue weighted by atomic mass is 79.9. The minimum absolute atomic E-state index is 0.216. The first-order valence-electron chi connectivity index (χ1n) is 5.30. The van der Waals surface area contributed by atoms with Gasteiger partial charge >= 0.3 is 0 Å². The van der Waals surface area contributed by atoms with Crippen molar-refractivity contribution in [1.29, 1.82) is 0 Å². The second kappa shape index (κ2) is 5.93. The Bertz CT molecular complexity index is 548. The third kappa shape index (κ3) is 3.51. The molecule has 0 aliphatic heterocycles. The molecular weight excluding hydrogens is 301 g/mol. The number of halogens is 2. The Balaban J connectivity index is 2.08. The lowest BCUT2D eigenvalue weighted by molar-refractivity contribution is 0.276. The van der Waals surface area contributed by atoms with Gasteiger partial charge in [-0.25, -0.2) is 4.39 Å². The van der Waals surface area contributed by atoms with E-state index >= 15 is 0 Å². The summed E-state index contributed by atoms with van der Waals surface area (Å²) in [6.07, 6.45) is 3.35. The number of hydrogen-bond donors (Lipinski definition) is 1. The van der Waals surface area contributed by atoms with Crippen molar-refractivity contribution in [1.82, 2.24) is 4.98 Å². The lowest BCUT2D eigenvalue weighted by atomic mass is 10.2. The Morgan fingerprint density at radius 1 is 1.17 bits per heavy atom. The van der Waals surface area contributed by atoms with Crippen LogP contribution in [0.5, 0.6) is 5.75 Å². The highest BCUT2D eigenvalue weighted by Crippen LogP contribution is 2.18. The number of benzene rings is 1. The van der Waals surface area contributed by atoms with Crippen molar-refractivity contribution in [2.45, 2.75) is 13.2 Å². The molecule has 0 bridgehead atoms. The second-order valence-corrected chi connectivity index (χ2v) is 4.67. The Hall–Kier alpha value is -1.46. The molecule has 18 heavy (non-hydrogen) atoms. The number of pyridine rings is 1. The predicted octanol–water partition coefficient (Wildman–Crippen LogP) is 3.05. The minimum atomic E-state index is -0.427. The van der Waals surface area contributed by atoms with Crippen LogP contribution in [0.25, 0.3) is 0 Å². The molecular formula is C13H11BrFNO2. The van der Waals surface area contributed by atoms with Gasteiger partial charge in [0, 0.05) is 28.5 Å². The Morgan fingerprint density at radius 3 is 2.72 bits per heavy atom. The first-order valence-corrected chi connectivity index (χ1v) is 6.09. The van der Waals surface area contributed by atoms with Gasteiger partial charge < -0.3 is 9.84 Å². The van der Waals surface area contributed by atoms with E-state index in [1.807, 2.05) is 6.07 Å². The van der Waals surface area contributed by atoms with Crippen molar-refractivity contribution in [3.63, 3.8) is 0 Å². The molecule has 5 heteroatoms. The van der Waals surface area contributed by atoms with E-state index in [4.69, 9.17) is 9.84 Å². The molecule has 2 rings (SSSR count). The van der Waals surface area contributed by atoms with Crippen LogP contribution < -0.4 is 4.74 Å².